The topological polar surface area (TPSA) is 63.6 Å². The molecule has 4 heteroatoms. The molecule has 0 bridgehead atoms. The number of carboxylic acid groups (broad SMARTS) is 1. The summed E-state index contributed by atoms with van der Waals surface area (Å²) in [6.07, 6.45) is 2.88. The number of hydrogen-bond donors (Lipinski definition) is 1. The number of carboxylic acids is 1. The van der Waals surface area contributed by atoms with Gasteiger partial charge in [-0.2, -0.15) is 0 Å². The molecule has 0 spiro atoms. The van der Waals surface area contributed by atoms with Crippen LogP contribution in [0.15, 0.2) is 12.2 Å². The molecule has 0 aliphatic carbocycles. The fraction of sp³-hybridized carbons (Fsp3) is 0.500. The SMILES string of the molecule is COC(=O)C(C)C=CCC(=O)O. The van der Waals surface area contributed by atoms with E-state index in [1.807, 2.05) is 0 Å². The molecule has 4 nitrogen and oxygen atoms in total. The van der Waals surface area contributed by atoms with Crippen molar-refractivity contribution in [2.75, 3.05) is 7.11 Å². The molecule has 0 aliphatic heterocycles. The van der Waals surface area contributed by atoms with Gasteiger partial charge in [0.25, 0.3) is 0 Å². The summed E-state index contributed by atoms with van der Waals surface area (Å²) < 4.78 is 4.43. The average molecular weight is 172 g/mol. The van der Waals surface area contributed by atoms with Gasteiger partial charge in [0.2, 0.25) is 0 Å². The van der Waals surface area contributed by atoms with Gasteiger partial charge in [-0.15, -0.1) is 0 Å². The minimum atomic E-state index is -0.914. The van der Waals surface area contributed by atoms with E-state index < -0.39 is 5.97 Å². The van der Waals surface area contributed by atoms with E-state index in [9.17, 15) is 9.59 Å². The van der Waals surface area contributed by atoms with Gasteiger partial charge in [0, 0.05) is 0 Å². The van der Waals surface area contributed by atoms with Crippen molar-refractivity contribution in [1.29, 1.82) is 0 Å². The van der Waals surface area contributed by atoms with E-state index in [-0.39, 0.29) is 18.3 Å². The summed E-state index contributed by atoms with van der Waals surface area (Å²) in [6, 6.07) is 0. The fourth-order valence-corrected chi connectivity index (χ4v) is 0.637. The van der Waals surface area contributed by atoms with Gasteiger partial charge in [-0.25, -0.2) is 0 Å². The van der Waals surface area contributed by atoms with Crippen molar-refractivity contribution in [2.24, 2.45) is 5.92 Å². The molecule has 12 heavy (non-hydrogen) atoms. The minimum Gasteiger partial charge on any atom is -0.481 e. The lowest BCUT2D eigenvalue weighted by Gasteiger charge is -2.01. The lowest BCUT2D eigenvalue weighted by molar-refractivity contribution is -0.143. The molecule has 1 atom stereocenters. The van der Waals surface area contributed by atoms with Crippen LogP contribution in [0.1, 0.15) is 13.3 Å². The van der Waals surface area contributed by atoms with Gasteiger partial charge in [-0.3, -0.25) is 9.59 Å². The monoisotopic (exact) mass is 172 g/mol. The van der Waals surface area contributed by atoms with Crippen LogP contribution in [0, 0.1) is 5.92 Å². The summed E-state index contributed by atoms with van der Waals surface area (Å²) in [5, 5.41) is 8.25. The van der Waals surface area contributed by atoms with Crippen molar-refractivity contribution in [3.8, 4) is 0 Å². The summed E-state index contributed by atoms with van der Waals surface area (Å²) in [4.78, 5) is 20.8. The third-order valence-corrected chi connectivity index (χ3v) is 1.29. The second-order valence-corrected chi connectivity index (χ2v) is 2.34. The molecule has 0 amide bonds. The smallest absolute Gasteiger partial charge is 0.312 e. The molecular formula is C8H12O4. The third-order valence-electron chi connectivity index (χ3n) is 1.29. The second-order valence-electron chi connectivity index (χ2n) is 2.34. The van der Waals surface area contributed by atoms with Gasteiger partial charge in [0.15, 0.2) is 0 Å². The van der Waals surface area contributed by atoms with Crippen LogP contribution in [0.5, 0.6) is 0 Å². The van der Waals surface area contributed by atoms with Crippen molar-refractivity contribution >= 4 is 11.9 Å². The van der Waals surface area contributed by atoms with Gasteiger partial charge in [0.1, 0.15) is 0 Å². The Balaban J connectivity index is 3.82. The Kier molecular flexibility index (Phi) is 4.76. The van der Waals surface area contributed by atoms with Crippen LogP contribution in [0.25, 0.3) is 0 Å². The molecule has 0 saturated heterocycles. The highest BCUT2D eigenvalue weighted by atomic mass is 16.5. The lowest BCUT2D eigenvalue weighted by Crippen LogP contribution is -2.09. The Morgan fingerprint density at radius 2 is 2.17 bits per heavy atom. The molecule has 0 aromatic heterocycles. The first-order valence-electron chi connectivity index (χ1n) is 3.54. The van der Waals surface area contributed by atoms with E-state index >= 15 is 0 Å². The van der Waals surface area contributed by atoms with Crippen LogP contribution < -0.4 is 0 Å². The summed E-state index contributed by atoms with van der Waals surface area (Å²) in [5.41, 5.74) is 0. The Bertz CT molecular complexity index is 195. The number of ether oxygens (including phenoxy) is 1. The normalized spacial score (nSPS) is 12.8. The second kappa shape index (κ2) is 5.35. The molecule has 1 unspecified atom stereocenters. The van der Waals surface area contributed by atoms with Gasteiger partial charge >= 0.3 is 11.9 Å². The summed E-state index contributed by atoms with van der Waals surface area (Å²) in [6.45, 7) is 1.64. The maximum atomic E-state index is 10.8. The zero-order chi connectivity index (χ0) is 9.56. The molecular weight excluding hydrogens is 160 g/mol. The first-order chi connectivity index (χ1) is 5.57. The van der Waals surface area contributed by atoms with Crippen molar-refractivity contribution in [2.45, 2.75) is 13.3 Å². The van der Waals surface area contributed by atoms with Crippen LogP contribution in [-0.2, 0) is 14.3 Å². The van der Waals surface area contributed by atoms with Crippen molar-refractivity contribution in [1.82, 2.24) is 0 Å². The van der Waals surface area contributed by atoms with E-state index in [1.54, 1.807) is 6.92 Å². The summed E-state index contributed by atoms with van der Waals surface area (Å²) in [5.74, 6) is -1.66. The standard InChI is InChI=1S/C8H12O4/c1-6(8(11)12-2)4-3-5-7(9)10/h3-4,6H,5H2,1-2H3,(H,9,10). The lowest BCUT2D eigenvalue weighted by atomic mass is 10.1. The van der Waals surface area contributed by atoms with Crippen molar-refractivity contribution < 1.29 is 19.4 Å². The maximum absolute atomic E-state index is 10.8. The molecule has 0 rings (SSSR count). The quantitative estimate of drug-likeness (QED) is 0.503. The maximum Gasteiger partial charge on any atom is 0.312 e. The van der Waals surface area contributed by atoms with E-state index in [1.165, 1.54) is 19.3 Å². The molecule has 68 valence electrons. The Hall–Kier alpha value is -1.32. The highest BCUT2D eigenvalue weighted by Crippen LogP contribution is 2.00. The number of methoxy groups -OCH3 is 1. The van der Waals surface area contributed by atoms with Gasteiger partial charge in [0.05, 0.1) is 19.4 Å². The first-order valence-corrected chi connectivity index (χ1v) is 3.54. The number of carbonyl (C=O) groups is 2. The molecule has 0 saturated carbocycles. The minimum absolute atomic E-state index is 0.0681. The van der Waals surface area contributed by atoms with E-state index in [0.717, 1.165) is 0 Å². The highest BCUT2D eigenvalue weighted by molar-refractivity contribution is 5.74. The molecule has 0 radical (unpaired) electrons. The van der Waals surface area contributed by atoms with Gasteiger partial charge in [-0.05, 0) is 6.92 Å². The highest BCUT2D eigenvalue weighted by Gasteiger charge is 2.07. The molecule has 0 aliphatic rings. The number of carbonyl (C=O) groups excluding carboxylic acids is 1. The van der Waals surface area contributed by atoms with Crippen LogP contribution in [-0.4, -0.2) is 24.2 Å². The Labute approximate surface area is 70.8 Å². The summed E-state index contributed by atoms with van der Waals surface area (Å²) >= 11 is 0. The van der Waals surface area contributed by atoms with E-state index in [4.69, 9.17) is 5.11 Å². The van der Waals surface area contributed by atoms with Crippen LogP contribution in [0.3, 0.4) is 0 Å². The molecule has 0 fully saturated rings. The number of hydrogen-bond acceptors (Lipinski definition) is 3. The number of esters is 1. The number of rotatable bonds is 4. The predicted molar refractivity (Wildman–Crippen MR) is 42.6 cm³/mol. The average Bonchev–Trinajstić information content (AvgIpc) is 2.02. The van der Waals surface area contributed by atoms with Gasteiger partial charge < -0.3 is 9.84 Å². The Morgan fingerprint density at radius 3 is 2.58 bits per heavy atom. The zero-order valence-electron chi connectivity index (χ0n) is 7.11. The zero-order valence-corrected chi connectivity index (χ0v) is 7.11. The predicted octanol–water partition coefficient (Wildman–Crippen LogP) is 0.826. The Morgan fingerprint density at radius 1 is 1.58 bits per heavy atom. The largest absolute Gasteiger partial charge is 0.481 e. The van der Waals surface area contributed by atoms with E-state index in [2.05, 4.69) is 4.74 Å². The molecule has 0 heterocycles. The van der Waals surface area contributed by atoms with Crippen LogP contribution in [0.4, 0.5) is 0 Å². The summed E-state index contributed by atoms with van der Waals surface area (Å²) in [7, 11) is 1.30. The van der Waals surface area contributed by atoms with Crippen LogP contribution in [0.2, 0.25) is 0 Å². The van der Waals surface area contributed by atoms with Crippen molar-refractivity contribution in [3.63, 3.8) is 0 Å². The number of aliphatic carboxylic acids is 1. The first kappa shape index (κ1) is 10.7. The van der Waals surface area contributed by atoms with Crippen LogP contribution >= 0.6 is 0 Å². The molecule has 0 aromatic rings. The van der Waals surface area contributed by atoms with Gasteiger partial charge in [-0.1, -0.05) is 12.2 Å². The third kappa shape index (κ3) is 4.49. The van der Waals surface area contributed by atoms with E-state index in [0.29, 0.717) is 0 Å². The van der Waals surface area contributed by atoms with Crippen molar-refractivity contribution in [3.05, 3.63) is 12.2 Å². The molecule has 1 N–H and O–H groups in total. The molecule has 0 aromatic carbocycles. The fourth-order valence-electron chi connectivity index (χ4n) is 0.637.